The quantitative estimate of drug-likeness (QED) is 0.311. The monoisotopic (exact) mass is 263 g/mol. The third-order valence-corrected chi connectivity index (χ3v) is 3.09. The molecule has 106 valence electrons. The predicted molar refractivity (Wildman–Crippen MR) is 79.3 cm³/mol. The molecular formula is C16H25NO2. The SMILES string of the molecule is CCC/C=[N+](\[O-])C(COCc1ccccc1)C(C)C. The van der Waals surface area contributed by atoms with E-state index in [0.717, 1.165) is 23.1 Å². The highest BCUT2D eigenvalue weighted by Crippen LogP contribution is 2.08. The van der Waals surface area contributed by atoms with Crippen LogP contribution < -0.4 is 0 Å². The number of hydrogen-bond acceptors (Lipinski definition) is 2. The van der Waals surface area contributed by atoms with Crippen LogP contribution >= 0.6 is 0 Å². The first-order valence-electron chi connectivity index (χ1n) is 7.05. The van der Waals surface area contributed by atoms with Gasteiger partial charge in [-0.1, -0.05) is 51.1 Å². The van der Waals surface area contributed by atoms with E-state index in [1.807, 2.05) is 30.3 Å². The summed E-state index contributed by atoms with van der Waals surface area (Å²) in [5.74, 6) is 0.279. The minimum Gasteiger partial charge on any atom is -0.624 e. The van der Waals surface area contributed by atoms with Gasteiger partial charge < -0.3 is 9.94 Å². The van der Waals surface area contributed by atoms with Crippen molar-refractivity contribution in [3.8, 4) is 0 Å². The van der Waals surface area contributed by atoms with Crippen molar-refractivity contribution in [2.75, 3.05) is 6.61 Å². The molecule has 1 atom stereocenters. The van der Waals surface area contributed by atoms with Gasteiger partial charge in [0.1, 0.15) is 6.61 Å². The topological polar surface area (TPSA) is 35.3 Å². The summed E-state index contributed by atoms with van der Waals surface area (Å²) in [6, 6.07) is 9.93. The van der Waals surface area contributed by atoms with Gasteiger partial charge in [-0.15, -0.1) is 0 Å². The lowest BCUT2D eigenvalue weighted by atomic mass is 10.1. The molecule has 19 heavy (non-hydrogen) atoms. The highest BCUT2D eigenvalue weighted by atomic mass is 16.5. The Morgan fingerprint density at radius 2 is 1.95 bits per heavy atom. The van der Waals surface area contributed by atoms with Crippen LogP contribution in [0.3, 0.4) is 0 Å². The van der Waals surface area contributed by atoms with E-state index in [4.69, 9.17) is 4.74 Å². The van der Waals surface area contributed by atoms with Crippen molar-refractivity contribution in [1.29, 1.82) is 0 Å². The fraction of sp³-hybridized carbons (Fsp3) is 0.562. The molecule has 0 saturated heterocycles. The lowest BCUT2D eigenvalue weighted by Gasteiger charge is -2.20. The van der Waals surface area contributed by atoms with Crippen molar-refractivity contribution in [3.05, 3.63) is 41.1 Å². The molecule has 0 spiro atoms. The van der Waals surface area contributed by atoms with Crippen LogP contribution in [0.5, 0.6) is 0 Å². The first-order valence-corrected chi connectivity index (χ1v) is 7.05. The van der Waals surface area contributed by atoms with Crippen LogP contribution in [0.2, 0.25) is 0 Å². The normalized spacial score (nSPS) is 13.8. The number of unbranched alkanes of at least 4 members (excludes halogenated alkanes) is 1. The van der Waals surface area contributed by atoms with Crippen molar-refractivity contribution >= 4 is 6.21 Å². The van der Waals surface area contributed by atoms with Crippen molar-refractivity contribution in [3.63, 3.8) is 0 Å². The number of benzene rings is 1. The molecule has 0 fully saturated rings. The Hall–Kier alpha value is -1.35. The van der Waals surface area contributed by atoms with Gasteiger partial charge in [-0.05, 0) is 12.0 Å². The molecule has 3 nitrogen and oxygen atoms in total. The van der Waals surface area contributed by atoms with Gasteiger partial charge >= 0.3 is 0 Å². The molecule has 0 aliphatic carbocycles. The molecule has 0 heterocycles. The Balaban J connectivity index is 2.46. The average Bonchev–Trinajstić information content (AvgIpc) is 2.41. The molecule has 3 heteroatoms. The van der Waals surface area contributed by atoms with Crippen molar-refractivity contribution in [1.82, 2.24) is 0 Å². The zero-order chi connectivity index (χ0) is 14.1. The maximum Gasteiger partial charge on any atom is 0.188 e. The van der Waals surface area contributed by atoms with E-state index in [-0.39, 0.29) is 12.0 Å². The molecule has 0 bridgehead atoms. The summed E-state index contributed by atoms with van der Waals surface area (Å²) in [4.78, 5) is 0. The largest absolute Gasteiger partial charge is 0.624 e. The molecule has 0 aliphatic heterocycles. The van der Waals surface area contributed by atoms with Gasteiger partial charge in [0.15, 0.2) is 12.3 Å². The first-order chi connectivity index (χ1) is 9.15. The second-order valence-electron chi connectivity index (χ2n) is 5.14. The van der Waals surface area contributed by atoms with E-state index in [9.17, 15) is 5.21 Å². The van der Waals surface area contributed by atoms with Gasteiger partial charge in [0.2, 0.25) is 0 Å². The van der Waals surface area contributed by atoms with Crippen LogP contribution in [-0.2, 0) is 11.3 Å². The molecule has 0 N–H and O–H groups in total. The van der Waals surface area contributed by atoms with E-state index >= 15 is 0 Å². The first kappa shape index (κ1) is 15.7. The Morgan fingerprint density at radius 3 is 2.53 bits per heavy atom. The Morgan fingerprint density at radius 1 is 1.26 bits per heavy atom. The predicted octanol–water partition coefficient (Wildman–Crippen LogP) is 3.61. The van der Waals surface area contributed by atoms with Crippen molar-refractivity contribution in [2.45, 2.75) is 46.3 Å². The van der Waals surface area contributed by atoms with Crippen LogP contribution in [0.1, 0.15) is 39.2 Å². The van der Waals surface area contributed by atoms with Gasteiger partial charge in [-0.2, -0.15) is 0 Å². The lowest BCUT2D eigenvalue weighted by molar-refractivity contribution is -0.511. The molecule has 1 aromatic carbocycles. The maximum atomic E-state index is 12.0. The highest BCUT2D eigenvalue weighted by Gasteiger charge is 2.20. The summed E-state index contributed by atoms with van der Waals surface area (Å²) in [6.45, 7) is 7.21. The van der Waals surface area contributed by atoms with Crippen LogP contribution in [0.25, 0.3) is 0 Å². The number of rotatable bonds is 8. The van der Waals surface area contributed by atoms with Crippen molar-refractivity contribution in [2.24, 2.45) is 5.92 Å². The zero-order valence-corrected chi connectivity index (χ0v) is 12.2. The highest BCUT2D eigenvalue weighted by molar-refractivity contribution is 5.51. The van der Waals surface area contributed by atoms with Gasteiger partial charge in [-0.25, -0.2) is 4.74 Å². The summed E-state index contributed by atoms with van der Waals surface area (Å²) in [5.41, 5.74) is 1.14. The molecule has 0 saturated carbocycles. The smallest absolute Gasteiger partial charge is 0.188 e. The van der Waals surface area contributed by atoms with Gasteiger partial charge in [0.25, 0.3) is 0 Å². The lowest BCUT2D eigenvalue weighted by Crippen LogP contribution is -2.32. The molecular weight excluding hydrogens is 238 g/mol. The van der Waals surface area contributed by atoms with Crippen LogP contribution in [0.4, 0.5) is 0 Å². The number of nitrogens with zero attached hydrogens (tertiary/aromatic N) is 1. The van der Waals surface area contributed by atoms with Gasteiger partial charge in [0.05, 0.1) is 6.61 Å². The molecule has 1 unspecified atom stereocenters. The fourth-order valence-corrected chi connectivity index (χ4v) is 1.82. The van der Waals surface area contributed by atoms with Crippen LogP contribution in [0.15, 0.2) is 30.3 Å². The summed E-state index contributed by atoms with van der Waals surface area (Å²) < 4.78 is 6.75. The second kappa shape index (κ2) is 8.70. The molecule has 0 amide bonds. The van der Waals surface area contributed by atoms with E-state index in [0.29, 0.717) is 13.2 Å². The third kappa shape index (κ3) is 5.88. The average molecular weight is 263 g/mol. The Kier molecular flexibility index (Phi) is 7.19. The van der Waals surface area contributed by atoms with Gasteiger partial charge in [0, 0.05) is 12.3 Å². The van der Waals surface area contributed by atoms with Gasteiger partial charge in [-0.3, -0.25) is 0 Å². The maximum absolute atomic E-state index is 12.0. The van der Waals surface area contributed by atoms with E-state index < -0.39 is 0 Å². The van der Waals surface area contributed by atoms with Crippen molar-refractivity contribution < 1.29 is 9.48 Å². The molecule has 0 radical (unpaired) electrons. The zero-order valence-electron chi connectivity index (χ0n) is 12.2. The molecule has 0 aliphatic rings. The Labute approximate surface area is 116 Å². The van der Waals surface area contributed by atoms with E-state index in [1.54, 1.807) is 6.21 Å². The summed E-state index contributed by atoms with van der Waals surface area (Å²) in [6.07, 6.45) is 3.55. The Bertz CT molecular complexity index is 374. The number of hydroxylamine groups is 1. The second-order valence-corrected chi connectivity index (χ2v) is 5.14. The molecule has 1 rings (SSSR count). The molecule has 1 aromatic rings. The summed E-state index contributed by atoms with van der Waals surface area (Å²) >= 11 is 0. The van der Waals surface area contributed by atoms with E-state index in [2.05, 4.69) is 20.8 Å². The minimum absolute atomic E-state index is 0.102. The number of hydrogen-bond donors (Lipinski definition) is 0. The molecule has 0 aromatic heterocycles. The minimum atomic E-state index is -0.102. The summed E-state index contributed by atoms with van der Waals surface area (Å²) in [7, 11) is 0. The fourth-order valence-electron chi connectivity index (χ4n) is 1.82. The standard InChI is InChI=1S/C16H25NO2/c1-4-5-11-17(18)16(14(2)3)13-19-12-15-9-7-6-8-10-15/h6-11,14,16H,4-5,12-13H2,1-3H3/b17-11-. The van der Waals surface area contributed by atoms with Crippen LogP contribution in [0, 0.1) is 11.1 Å². The van der Waals surface area contributed by atoms with E-state index in [1.165, 1.54) is 0 Å². The summed E-state index contributed by atoms with van der Waals surface area (Å²) in [5, 5.41) is 12.0. The van der Waals surface area contributed by atoms with Crippen LogP contribution in [-0.4, -0.2) is 23.6 Å². The third-order valence-electron chi connectivity index (χ3n) is 3.09. The number of ether oxygens (including phenoxy) is 1.